The van der Waals surface area contributed by atoms with Crippen LogP contribution in [0.15, 0.2) is 24.3 Å². The third kappa shape index (κ3) is 3.08. The van der Waals surface area contributed by atoms with Crippen molar-refractivity contribution in [3.8, 4) is 5.75 Å². The molecule has 1 aromatic rings. The topological polar surface area (TPSA) is 75.7 Å². The number of imide groups is 1. The summed E-state index contributed by atoms with van der Waals surface area (Å²) >= 11 is 0. The van der Waals surface area contributed by atoms with Crippen LogP contribution >= 0.6 is 0 Å². The largest absolute Gasteiger partial charge is 0.493 e. The second-order valence-electron chi connectivity index (χ2n) is 7.37. The van der Waals surface area contributed by atoms with Gasteiger partial charge in [-0.25, -0.2) is 0 Å². The Morgan fingerprint density at radius 3 is 2.50 bits per heavy atom. The van der Waals surface area contributed by atoms with Crippen LogP contribution in [-0.2, 0) is 14.4 Å². The van der Waals surface area contributed by atoms with Crippen LogP contribution in [0.2, 0.25) is 0 Å². The molecule has 2 aliphatic heterocycles. The Balaban J connectivity index is 1.35. The lowest BCUT2D eigenvalue weighted by Crippen LogP contribution is -2.37. The van der Waals surface area contributed by atoms with Gasteiger partial charge in [-0.3, -0.25) is 19.3 Å². The summed E-state index contributed by atoms with van der Waals surface area (Å²) in [7, 11) is 0. The SMILES string of the molecule is O=C(CCN1C(=O)[C@H]2CCCC[C@@H]2C1=O)N[C@H]1CCOc2ccccc21. The van der Waals surface area contributed by atoms with E-state index in [9.17, 15) is 14.4 Å². The lowest BCUT2D eigenvalue weighted by molar-refractivity contribution is -0.140. The van der Waals surface area contributed by atoms with E-state index >= 15 is 0 Å². The van der Waals surface area contributed by atoms with Crippen molar-refractivity contribution in [2.45, 2.75) is 44.6 Å². The van der Waals surface area contributed by atoms with E-state index in [0.29, 0.717) is 13.0 Å². The molecule has 26 heavy (non-hydrogen) atoms. The van der Waals surface area contributed by atoms with E-state index in [1.165, 1.54) is 4.90 Å². The van der Waals surface area contributed by atoms with Crippen molar-refractivity contribution in [1.82, 2.24) is 10.2 Å². The lowest BCUT2D eigenvalue weighted by Gasteiger charge is -2.26. The number of carbonyl (C=O) groups excluding carboxylic acids is 3. The molecule has 0 unspecified atom stereocenters. The van der Waals surface area contributed by atoms with Crippen molar-refractivity contribution < 1.29 is 19.1 Å². The van der Waals surface area contributed by atoms with Gasteiger partial charge in [0.25, 0.3) is 0 Å². The molecule has 3 aliphatic rings. The third-order valence-corrected chi connectivity index (χ3v) is 5.79. The molecule has 2 fully saturated rings. The minimum Gasteiger partial charge on any atom is -0.493 e. The number of carbonyl (C=O) groups is 3. The highest BCUT2D eigenvalue weighted by Crippen LogP contribution is 2.38. The molecule has 138 valence electrons. The van der Waals surface area contributed by atoms with Crippen molar-refractivity contribution in [3.63, 3.8) is 0 Å². The molecule has 1 N–H and O–H groups in total. The van der Waals surface area contributed by atoms with Gasteiger partial charge in [0.05, 0.1) is 24.5 Å². The number of fused-ring (bicyclic) bond motifs is 2. The van der Waals surface area contributed by atoms with E-state index in [4.69, 9.17) is 4.74 Å². The summed E-state index contributed by atoms with van der Waals surface area (Å²) in [6.07, 6.45) is 4.49. The Bertz CT molecular complexity index is 708. The van der Waals surface area contributed by atoms with E-state index in [0.717, 1.165) is 37.0 Å². The van der Waals surface area contributed by atoms with E-state index in [2.05, 4.69) is 5.32 Å². The van der Waals surface area contributed by atoms with Gasteiger partial charge in [-0.1, -0.05) is 31.0 Å². The van der Waals surface area contributed by atoms with Gasteiger partial charge in [0.2, 0.25) is 17.7 Å². The minimum atomic E-state index is -0.151. The van der Waals surface area contributed by atoms with Gasteiger partial charge >= 0.3 is 0 Å². The molecule has 1 saturated carbocycles. The van der Waals surface area contributed by atoms with Crippen LogP contribution in [0.25, 0.3) is 0 Å². The van der Waals surface area contributed by atoms with Crippen LogP contribution in [0.3, 0.4) is 0 Å². The molecule has 6 nitrogen and oxygen atoms in total. The van der Waals surface area contributed by atoms with E-state index < -0.39 is 0 Å². The molecular weight excluding hydrogens is 332 g/mol. The quantitative estimate of drug-likeness (QED) is 0.839. The summed E-state index contributed by atoms with van der Waals surface area (Å²) in [6.45, 7) is 0.746. The highest BCUT2D eigenvalue weighted by atomic mass is 16.5. The van der Waals surface area contributed by atoms with Crippen molar-refractivity contribution in [2.75, 3.05) is 13.2 Å². The second-order valence-corrected chi connectivity index (χ2v) is 7.37. The highest BCUT2D eigenvalue weighted by molar-refractivity contribution is 6.05. The van der Waals surface area contributed by atoms with Crippen LogP contribution in [0.1, 0.15) is 50.1 Å². The Morgan fingerprint density at radius 2 is 1.77 bits per heavy atom. The maximum atomic E-state index is 12.5. The predicted octanol–water partition coefficient (Wildman–Crippen LogP) is 2.19. The molecule has 1 saturated heterocycles. The lowest BCUT2D eigenvalue weighted by atomic mass is 9.81. The van der Waals surface area contributed by atoms with Gasteiger partial charge in [-0.15, -0.1) is 0 Å². The number of likely N-dealkylation sites (tertiary alicyclic amines) is 1. The first-order valence-corrected chi connectivity index (χ1v) is 9.51. The van der Waals surface area contributed by atoms with Gasteiger partial charge in [0.15, 0.2) is 0 Å². The van der Waals surface area contributed by atoms with Gasteiger partial charge in [-0.05, 0) is 18.9 Å². The van der Waals surface area contributed by atoms with Gasteiger partial charge in [-0.2, -0.15) is 0 Å². The first-order chi connectivity index (χ1) is 12.6. The molecule has 0 aromatic heterocycles. The van der Waals surface area contributed by atoms with Gasteiger partial charge in [0, 0.05) is 24.9 Å². The third-order valence-electron chi connectivity index (χ3n) is 5.79. The summed E-state index contributed by atoms with van der Waals surface area (Å²) < 4.78 is 5.61. The number of hydrogen-bond donors (Lipinski definition) is 1. The number of ether oxygens (including phenoxy) is 1. The average molecular weight is 356 g/mol. The summed E-state index contributed by atoms with van der Waals surface area (Å²) in [5.74, 6) is 0.205. The zero-order chi connectivity index (χ0) is 18.1. The minimum absolute atomic E-state index is 0.0797. The molecule has 3 amide bonds. The summed E-state index contributed by atoms with van der Waals surface area (Å²) in [5, 5.41) is 3.02. The fraction of sp³-hybridized carbons (Fsp3) is 0.550. The van der Waals surface area contributed by atoms with Crippen LogP contribution < -0.4 is 10.1 Å². The average Bonchev–Trinajstić information content (AvgIpc) is 2.91. The molecule has 3 atom stereocenters. The van der Waals surface area contributed by atoms with E-state index in [-0.39, 0.29) is 48.6 Å². The van der Waals surface area contributed by atoms with Crippen LogP contribution in [0, 0.1) is 11.8 Å². The Morgan fingerprint density at radius 1 is 1.08 bits per heavy atom. The molecule has 6 heteroatoms. The van der Waals surface area contributed by atoms with Crippen LogP contribution in [0.5, 0.6) is 5.75 Å². The second kappa shape index (κ2) is 7.09. The number of nitrogens with zero attached hydrogens (tertiary/aromatic N) is 1. The fourth-order valence-corrected chi connectivity index (χ4v) is 4.42. The summed E-state index contributed by atoms with van der Waals surface area (Å²) in [6, 6.07) is 7.61. The number of hydrogen-bond acceptors (Lipinski definition) is 4. The Hall–Kier alpha value is -2.37. The zero-order valence-corrected chi connectivity index (χ0v) is 14.8. The van der Waals surface area contributed by atoms with E-state index in [1.807, 2.05) is 24.3 Å². The predicted molar refractivity (Wildman–Crippen MR) is 94.2 cm³/mol. The van der Waals surface area contributed by atoms with Crippen molar-refractivity contribution in [1.29, 1.82) is 0 Å². The number of para-hydroxylation sites is 1. The fourth-order valence-electron chi connectivity index (χ4n) is 4.42. The normalized spacial score (nSPS) is 27.5. The van der Waals surface area contributed by atoms with Crippen molar-refractivity contribution in [3.05, 3.63) is 29.8 Å². The Labute approximate surface area is 152 Å². The zero-order valence-electron chi connectivity index (χ0n) is 14.8. The highest BCUT2D eigenvalue weighted by Gasteiger charge is 2.47. The van der Waals surface area contributed by atoms with Gasteiger partial charge in [0.1, 0.15) is 5.75 Å². The molecule has 0 bridgehead atoms. The van der Waals surface area contributed by atoms with Gasteiger partial charge < -0.3 is 10.1 Å². The first-order valence-electron chi connectivity index (χ1n) is 9.51. The summed E-state index contributed by atoms with van der Waals surface area (Å²) in [4.78, 5) is 38.7. The summed E-state index contributed by atoms with van der Waals surface area (Å²) in [5.41, 5.74) is 0.978. The number of benzene rings is 1. The number of rotatable bonds is 4. The number of amides is 3. The monoisotopic (exact) mass is 356 g/mol. The molecule has 2 heterocycles. The number of nitrogens with one attached hydrogen (secondary N) is 1. The smallest absolute Gasteiger partial charge is 0.233 e. The molecular formula is C20H24N2O4. The molecule has 0 spiro atoms. The van der Waals surface area contributed by atoms with Crippen LogP contribution in [-0.4, -0.2) is 35.8 Å². The molecule has 4 rings (SSSR count). The molecule has 1 aliphatic carbocycles. The molecule has 0 radical (unpaired) electrons. The van der Waals surface area contributed by atoms with Crippen LogP contribution in [0.4, 0.5) is 0 Å². The van der Waals surface area contributed by atoms with Crippen molar-refractivity contribution >= 4 is 17.7 Å². The Kier molecular flexibility index (Phi) is 4.66. The van der Waals surface area contributed by atoms with Crippen molar-refractivity contribution in [2.24, 2.45) is 11.8 Å². The first kappa shape index (κ1) is 17.1. The van der Waals surface area contributed by atoms with E-state index in [1.54, 1.807) is 0 Å². The maximum Gasteiger partial charge on any atom is 0.233 e. The molecule has 1 aromatic carbocycles. The standard InChI is InChI=1S/C20H24N2O4/c23-18(21-16-10-12-26-17-8-4-3-7-15(16)17)9-11-22-19(24)13-5-1-2-6-14(13)20(22)25/h3-4,7-8,13-14,16H,1-2,5-6,9-12H2,(H,21,23)/t13-,14-,16-/m0/s1. The maximum absolute atomic E-state index is 12.5.